The van der Waals surface area contributed by atoms with Crippen molar-refractivity contribution < 1.29 is 4.79 Å². The molecule has 0 saturated carbocycles. The first-order valence-corrected chi connectivity index (χ1v) is 8.70. The molecule has 6 heteroatoms. The monoisotopic (exact) mass is 332 g/mol. The molecule has 0 spiro atoms. The van der Waals surface area contributed by atoms with Crippen LogP contribution >= 0.6 is 11.3 Å². The maximum atomic E-state index is 12.5. The highest BCUT2D eigenvalue weighted by molar-refractivity contribution is 7.15. The van der Waals surface area contributed by atoms with Gasteiger partial charge in [-0.2, -0.15) is 0 Å². The van der Waals surface area contributed by atoms with Crippen molar-refractivity contribution in [2.45, 2.75) is 39.2 Å². The number of nitrogens with one attached hydrogen (secondary N) is 1. The molecule has 1 aromatic carbocycles. The van der Waals surface area contributed by atoms with Crippen LogP contribution in [0.4, 0.5) is 5.13 Å². The minimum Gasteiger partial charge on any atom is -0.305 e. The maximum Gasteiger partial charge on any atom is 0.257 e. The number of hydrogen-bond donors (Lipinski definition) is 1. The first-order valence-electron chi connectivity index (χ1n) is 7.88. The topological polar surface area (TPSA) is 58.1 Å². The molecule has 1 amide bonds. The fourth-order valence-electron chi connectivity index (χ4n) is 2.43. The molecule has 2 aromatic rings. The molecular weight excluding hydrogens is 308 g/mol. The third-order valence-electron chi connectivity index (χ3n) is 3.55. The molecule has 0 aliphatic rings. The first-order chi connectivity index (χ1) is 11.0. The molecule has 23 heavy (non-hydrogen) atoms. The maximum absolute atomic E-state index is 12.5. The van der Waals surface area contributed by atoms with Gasteiger partial charge in [-0.1, -0.05) is 49.8 Å². The van der Waals surface area contributed by atoms with Crippen LogP contribution in [0, 0.1) is 0 Å². The predicted octanol–water partition coefficient (Wildman–Crippen LogP) is 3.76. The van der Waals surface area contributed by atoms with E-state index in [1.165, 1.54) is 11.3 Å². The summed E-state index contributed by atoms with van der Waals surface area (Å²) in [5.41, 5.74) is 1.68. The second-order valence-electron chi connectivity index (χ2n) is 5.98. The van der Waals surface area contributed by atoms with Crippen LogP contribution in [0.5, 0.6) is 0 Å². The molecule has 0 saturated heterocycles. The van der Waals surface area contributed by atoms with Crippen molar-refractivity contribution >= 4 is 22.4 Å². The molecule has 1 heterocycles. The summed E-state index contributed by atoms with van der Waals surface area (Å²) in [7, 11) is 3.97. The van der Waals surface area contributed by atoms with Crippen LogP contribution in [0.15, 0.2) is 24.3 Å². The van der Waals surface area contributed by atoms with Gasteiger partial charge in [0.15, 0.2) is 0 Å². The Hall–Kier alpha value is -1.79. The molecule has 1 atom stereocenters. The zero-order valence-corrected chi connectivity index (χ0v) is 15.0. The van der Waals surface area contributed by atoms with Crippen molar-refractivity contribution in [3.8, 4) is 0 Å². The summed E-state index contributed by atoms with van der Waals surface area (Å²) in [6, 6.07) is 7.65. The van der Waals surface area contributed by atoms with Crippen molar-refractivity contribution in [2.75, 3.05) is 19.4 Å². The summed E-state index contributed by atoms with van der Waals surface area (Å²) in [6.45, 7) is 5.02. The van der Waals surface area contributed by atoms with Crippen molar-refractivity contribution in [1.29, 1.82) is 0 Å². The van der Waals surface area contributed by atoms with E-state index in [1.54, 1.807) is 0 Å². The lowest BCUT2D eigenvalue weighted by atomic mass is 10.1. The molecule has 0 bridgehead atoms. The Balaban J connectivity index is 2.11. The highest BCUT2D eigenvalue weighted by Gasteiger charge is 2.16. The van der Waals surface area contributed by atoms with Crippen molar-refractivity contribution in [3.05, 3.63) is 40.4 Å². The quantitative estimate of drug-likeness (QED) is 0.839. The lowest BCUT2D eigenvalue weighted by Crippen LogP contribution is -2.18. The number of hydrogen-bond acceptors (Lipinski definition) is 5. The molecule has 0 fully saturated rings. The van der Waals surface area contributed by atoms with E-state index in [9.17, 15) is 4.79 Å². The fraction of sp³-hybridized carbons (Fsp3) is 0.471. The van der Waals surface area contributed by atoms with Gasteiger partial charge in [-0.05, 0) is 32.1 Å². The lowest BCUT2D eigenvalue weighted by molar-refractivity contribution is 0.102. The minimum atomic E-state index is -0.131. The molecule has 1 N–H and O–H groups in total. The number of benzene rings is 1. The Morgan fingerprint density at radius 1 is 1.30 bits per heavy atom. The highest BCUT2D eigenvalue weighted by Crippen LogP contribution is 2.26. The van der Waals surface area contributed by atoms with Crippen LogP contribution in [0.1, 0.15) is 53.5 Å². The summed E-state index contributed by atoms with van der Waals surface area (Å²) >= 11 is 1.46. The van der Waals surface area contributed by atoms with Gasteiger partial charge >= 0.3 is 0 Å². The Labute approximate surface area is 141 Å². The van der Waals surface area contributed by atoms with Crippen LogP contribution in [0.25, 0.3) is 0 Å². The van der Waals surface area contributed by atoms with Gasteiger partial charge in [0.25, 0.3) is 5.91 Å². The Kier molecular flexibility index (Phi) is 6.24. The van der Waals surface area contributed by atoms with E-state index < -0.39 is 0 Å². The number of carbonyl (C=O) groups is 1. The van der Waals surface area contributed by atoms with Crippen LogP contribution < -0.4 is 5.32 Å². The van der Waals surface area contributed by atoms with E-state index in [2.05, 4.69) is 29.4 Å². The zero-order valence-electron chi connectivity index (χ0n) is 14.2. The number of carbonyl (C=O) groups excluding carboxylic acids is 1. The van der Waals surface area contributed by atoms with Crippen LogP contribution in [0.2, 0.25) is 0 Å². The average molecular weight is 332 g/mol. The van der Waals surface area contributed by atoms with Gasteiger partial charge in [0.1, 0.15) is 5.01 Å². The van der Waals surface area contributed by atoms with Gasteiger partial charge in [0.05, 0.1) is 0 Å². The summed E-state index contributed by atoms with van der Waals surface area (Å²) in [5.74, 6) is 0.248. The van der Waals surface area contributed by atoms with E-state index in [0.717, 1.165) is 30.0 Å². The van der Waals surface area contributed by atoms with E-state index >= 15 is 0 Å². The second-order valence-corrected chi connectivity index (χ2v) is 6.99. The van der Waals surface area contributed by atoms with Crippen molar-refractivity contribution in [3.63, 3.8) is 0 Å². The molecule has 2 rings (SSSR count). The van der Waals surface area contributed by atoms with E-state index in [0.29, 0.717) is 16.6 Å². The number of anilines is 1. The molecule has 0 radical (unpaired) electrons. The Morgan fingerprint density at radius 2 is 2.04 bits per heavy atom. The third kappa shape index (κ3) is 4.84. The number of rotatable bonds is 7. The van der Waals surface area contributed by atoms with Gasteiger partial charge < -0.3 is 4.90 Å². The smallest absolute Gasteiger partial charge is 0.257 e. The molecular formula is C17H24N4OS. The molecule has 5 nitrogen and oxygen atoms in total. The van der Waals surface area contributed by atoms with Gasteiger partial charge in [-0.25, -0.2) is 0 Å². The van der Waals surface area contributed by atoms with Crippen LogP contribution in [-0.2, 0) is 6.54 Å². The molecule has 0 aliphatic carbocycles. The van der Waals surface area contributed by atoms with Crippen LogP contribution in [-0.4, -0.2) is 35.1 Å². The van der Waals surface area contributed by atoms with Crippen LogP contribution in [0.3, 0.4) is 0 Å². The number of aromatic nitrogens is 2. The van der Waals surface area contributed by atoms with E-state index in [4.69, 9.17) is 0 Å². The first kappa shape index (κ1) is 17.6. The molecule has 0 aliphatic heterocycles. The summed E-state index contributed by atoms with van der Waals surface area (Å²) in [5, 5.41) is 12.7. The van der Waals surface area contributed by atoms with E-state index in [1.807, 2.05) is 43.3 Å². The van der Waals surface area contributed by atoms with Gasteiger partial charge in [-0.3, -0.25) is 10.1 Å². The Bertz CT molecular complexity index is 654. The van der Waals surface area contributed by atoms with Gasteiger partial charge in [0.2, 0.25) is 5.13 Å². The van der Waals surface area contributed by atoms with Gasteiger partial charge in [-0.15, -0.1) is 10.2 Å². The number of nitrogens with zero attached hydrogens (tertiary/aromatic N) is 3. The Morgan fingerprint density at radius 3 is 2.74 bits per heavy atom. The largest absolute Gasteiger partial charge is 0.305 e. The van der Waals surface area contributed by atoms with Gasteiger partial charge in [0, 0.05) is 18.0 Å². The SMILES string of the molecule is CCCC(C)c1nnc(NC(=O)c2ccccc2CN(C)C)s1. The van der Waals surface area contributed by atoms with Crippen molar-refractivity contribution in [2.24, 2.45) is 0 Å². The zero-order chi connectivity index (χ0) is 16.8. The molecule has 1 aromatic heterocycles. The predicted molar refractivity (Wildman–Crippen MR) is 95.0 cm³/mol. The fourth-order valence-corrected chi connectivity index (χ4v) is 3.25. The lowest BCUT2D eigenvalue weighted by Gasteiger charge is -2.13. The standard InChI is InChI=1S/C17H24N4OS/c1-5-8-12(2)16-19-20-17(23-16)18-15(22)14-10-7-6-9-13(14)11-21(3)4/h6-7,9-10,12H,5,8,11H2,1-4H3,(H,18,20,22). The minimum absolute atomic E-state index is 0.131. The van der Waals surface area contributed by atoms with E-state index in [-0.39, 0.29) is 5.91 Å². The average Bonchev–Trinajstić information content (AvgIpc) is 2.96. The van der Waals surface area contributed by atoms with Crippen molar-refractivity contribution in [1.82, 2.24) is 15.1 Å². The highest BCUT2D eigenvalue weighted by atomic mass is 32.1. The molecule has 1 unspecified atom stereocenters. The number of amides is 1. The second kappa shape index (κ2) is 8.17. The molecule has 124 valence electrons. The third-order valence-corrected chi connectivity index (χ3v) is 4.62. The summed E-state index contributed by atoms with van der Waals surface area (Å²) < 4.78 is 0. The summed E-state index contributed by atoms with van der Waals surface area (Å²) in [4.78, 5) is 14.6. The normalized spacial score (nSPS) is 12.4. The summed E-state index contributed by atoms with van der Waals surface area (Å²) in [6.07, 6.45) is 2.19.